The lowest BCUT2D eigenvalue weighted by atomic mass is 10.3. The van der Waals surface area contributed by atoms with Crippen LogP contribution in [0.25, 0.3) is 0 Å². The third-order valence-corrected chi connectivity index (χ3v) is 2.95. The van der Waals surface area contributed by atoms with Crippen LogP contribution in [0, 0.1) is 0 Å². The Bertz CT molecular complexity index is 339. The van der Waals surface area contributed by atoms with Crippen molar-refractivity contribution < 1.29 is 4.79 Å². The molecule has 1 rings (SSSR count). The minimum Gasteiger partial charge on any atom is -0.375 e. The van der Waals surface area contributed by atoms with Crippen molar-refractivity contribution >= 4 is 22.4 Å². The molecule has 1 heterocycles. The van der Waals surface area contributed by atoms with E-state index >= 15 is 0 Å². The number of amides is 1. The zero-order chi connectivity index (χ0) is 12.0. The number of hydrogen-bond acceptors (Lipinski definition) is 5. The lowest BCUT2D eigenvalue weighted by Gasteiger charge is -2.19. The van der Waals surface area contributed by atoms with Gasteiger partial charge in [0, 0.05) is 24.7 Å². The summed E-state index contributed by atoms with van der Waals surface area (Å²) < 4.78 is 0. The van der Waals surface area contributed by atoms with Gasteiger partial charge in [-0.3, -0.25) is 9.69 Å². The summed E-state index contributed by atoms with van der Waals surface area (Å²) in [6.07, 6.45) is 2.79. The van der Waals surface area contributed by atoms with Crippen LogP contribution in [0.2, 0.25) is 0 Å². The monoisotopic (exact) mass is 242 g/mol. The molecule has 90 valence electrons. The molecule has 3 N–H and O–H groups in total. The highest BCUT2D eigenvalue weighted by Crippen LogP contribution is 2.16. The van der Waals surface area contributed by atoms with Crippen LogP contribution in [-0.2, 0) is 11.3 Å². The molecular weight excluding hydrogens is 224 g/mol. The van der Waals surface area contributed by atoms with Gasteiger partial charge in [-0.25, -0.2) is 4.98 Å². The standard InChI is InChI=1S/C10H18N4OS/c1-3-4-14(7-9(15)12-2)6-8-5-13-10(11)16-8/h5H,3-4,6-7H2,1-2H3,(H2,11,13)(H,12,15). The van der Waals surface area contributed by atoms with Crippen LogP contribution in [-0.4, -0.2) is 35.9 Å². The Morgan fingerprint density at radius 1 is 1.69 bits per heavy atom. The number of nitrogens with zero attached hydrogens (tertiary/aromatic N) is 2. The van der Waals surface area contributed by atoms with E-state index in [9.17, 15) is 4.79 Å². The fourth-order valence-corrected chi connectivity index (χ4v) is 2.16. The van der Waals surface area contributed by atoms with Gasteiger partial charge >= 0.3 is 0 Å². The van der Waals surface area contributed by atoms with E-state index in [4.69, 9.17) is 5.73 Å². The van der Waals surface area contributed by atoms with E-state index in [1.807, 2.05) is 0 Å². The second kappa shape index (κ2) is 6.44. The minimum atomic E-state index is 0.0333. The van der Waals surface area contributed by atoms with E-state index in [1.54, 1.807) is 13.2 Å². The highest BCUT2D eigenvalue weighted by atomic mass is 32.1. The van der Waals surface area contributed by atoms with E-state index < -0.39 is 0 Å². The van der Waals surface area contributed by atoms with Gasteiger partial charge in [0.1, 0.15) is 0 Å². The van der Waals surface area contributed by atoms with Gasteiger partial charge < -0.3 is 11.1 Å². The molecule has 0 aliphatic heterocycles. The molecular formula is C10H18N4OS. The Morgan fingerprint density at radius 2 is 2.44 bits per heavy atom. The molecule has 0 bridgehead atoms. The van der Waals surface area contributed by atoms with E-state index in [0.29, 0.717) is 11.7 Å². The molecule has 5 nitrogen and oxygen atoms in total. The number of likely N-dealkylation sites (N-methyl/N-ethyl adjacent to an activating group) is 1. The van der Waals surface area contributed by atoms with Crippen molar-refractivity contribution in [2.45, 2.75) is 19.9 Å². The van der Waals surface area contributed by atoms with Crippen LogP contribution in [0.15, 0.2) is 6.20 Å². The van der Waals surface area contributed by atoms with Gasteiger partial charge in [0.05, 0.1) is 6.54 Å². The van der Waals surface area contributed by atoms with Crippen LogP contribution in [0.5, 0.6) is 0 Å². The smallest absolute Gasteiger partial charge is 0.233 e. The highest BCUT2D eigenvalue weighted by Gasteiger charge is 2.10. The first-order valence-electron chi connectivity index (χ1n) is 5.28. The maximum absolute atomic E-state index is 11.3. The zero-order valence-corrected chi connectivity index (χ0v) is 10.5. The lowest BCUT2D eigenvalue weighted by Crippen LogP contribution is -2.35. The Morgan fingerprint density at radius 3 is 2.94 bits per heavy atom. The molecule has 1 aromatic heterocycles. The van der Waals surface area contributed by atoms with Crippen molar-refractivity contribution in [2.24, 2.45) is 0 Å². The highest BCUT2D eigenvalue weighted by molar-refractivity contribution is 7.15. The molecule has 6 heteroatoms. The molecule has 0 radical (unpaired) electrons. The number of hydrogen-bond donors (Lipinski definition) is 2. The van der Waals surface area contributed by atoms with Crippen molar-refractivity contribution in [1.29, 1.82) is 0 Å². The number of nitrogens with one attached hydrogen (secondary N) is 1. The second-order valence-electron chi connectivity index (χ2n) is 3.55. The summed E-state index contributed by atoms with van der Waals surface area (Å²) in [6.45, 7) is 4.14. The number of aromatic nitrogens is 1. The van der Waals surface area contributed by atoms with E-state index in [2.05, 4.69) is 22.1 Å². The van der Waals surface area contributed by atoms with Crippen molar-refractivity contribution in [2.75, 3.05) is 25.9 Å². The Labute approximate surface area is 99.7 Å². The number of carbonyl (C=O) groups excluding carboxylic acids is 1. The van der Waals surface area contributed by atoms with Gasteiger partial charge in [-0.15, -0.1) is 11.3 Å². The maximum Gasteiger partial charge on any atom is 0.233 e. The summed E-state index contributed by atoms with van der Waals surface area (Å²) >= 11 is 1.47. The zero-order valence-electron chi connectivity index (χ0n) is 9.69. The first-order valence-corrected chi connectivity index (χ1v) is 6.10. The molecule has 0 spiro atoms. The number of thiazole rings is 1. The third-order valence-electron chi connectivity index (χ3n) is 2.14. The summed E-state index contributed by atoms with van der Waals surface area (Å²) in [4.78, 5) is 18.5. The molecule has 0 aromatic carbocycles. The summed E-state index contributed by atoms with van der Waals surface area (Å²) in [5.41, 5.74) is 5.57. The van der Waals surface area contributed by atoms with Crippen molar-refractivity contribution in [3.63, 3.8) is 0 Å². The van der Waals surface area contributed by atoms with Gasteiger partial charge in [0.25, 0.3) is 0 Å². The first kappa shape index (κ1) is 12.9. The van der Waals surface area contributed by atoms with Crippen molar-refractivity contribution in [1.82, 2.24) is 15.2 Å². The van der Waals surface area contributed by atoms with Gasteiger partial charge in [-0.05, 0) is 13.0 Å². The van der Waals surface area contributed by atoms with Crippen LogP contribution >= 0.6 is 11.3 Å². The number of nitrogen functional groups attached to an aromatic ring is 1. The summed E-state index contributed by atoms with van der Waals surface area (Å²) in [6, 6.07) is 0. The third kappa shape index (κ3) is 4.16. The van der Waals surface area contributed by atoms with Crippen LogP contribution in [0.1, 0.15) is 18.2 Å². The van der Waals surface area contributed by atoms with Crippen LogP contribution < -0.4 is 11.1 Å². The SMILES string of the molecule is CCCN(CC(=O)NC)Cc1cnc(N)s1. The second-order valence-corrected chi connectivity index (χ2v) is 4.70. The van der Waals surface area contributed by atoms with Crippen molar-refractivity contribution in [3.05, 3.63) is 11.1 Å². The number of anilines is 1. The van der Waals surface area contributed by atoms with Gasteiger partial charge in [-0.2, -0.15) is 0 Å². The molecule has 0 fully saturated rings. The lowest BCUT2D eigenvalue weighted by molar-refractivity contribution is -0.121. The van der Waals surface area contributed by atoms with E-state index in [0.717, 1.165) is 24.4 Å². The normalized spacial score (nSPS) is 10.7. The molecule has 1 amide bonds. The van der Waals surface area contributed by atoms with Crippen LogP contribution in [0.3, 0.4) is 0 Å². The molecule has 0 unspecified atom stereocenters. The number of carbonyl (C=O) groups is 1. The van der Waals surface area contributed by atoms with E-state index in [1.165, 1.54) is 11.3 Å². The predicted molar refractivity (Wildman–Crippen MR) is 66.2 cm³/mol. The summed E-state index contributed by atoms with van der Waals surface area (Å²) in [5, 5.41) is 3.20. The molecule has 0 atom stereocenters. The van der Waals surface area contributed by atoms with Crippen molar-refractivity contribution in [3.8, 4) is 0 Å². The number of nitrogens with two attached hydrogens (primary N) is 1. The molecule has 0 aliphatic rings. The fourth-order valence-electron chi connectivity index (χ4n) is 1.43. The topological polar surface area (TPSA) is 71.2 Å². The maximum atomic E-state index is 11.3. The Hall–Kier alpha value is -1.14. The molecule has 0 saturated carbocycles. The fraction of sp³-hybridized carbons (Fsp3) is 0.600. The first-order chi connectivity index (χ1) is 7.65. The predicted octanol–water partition coefficient (Wildman–Crippen LogP) is 0.683. The van der Waals surface area contributed by atoms with E-state index in [-0.39, 0.29) is 5.91 Å². The van der Waals surface area contributed by atoms with Gasteiger partial charge in [0.15, 0.2) is 5.13 Å². The molecule has 1 aromatic rings. The summed E-state index contributed by atoms with van der Waals surface area (Å²) in [5.74, 6) is 0.0333. The molecule has 0 saturated heterocycles. The minimum absolute atomic E-state index is 0.0333. The Balaban J connectivity index is 2.53. The largest absolute Gasteiger partial charge is 0.375 e. The molecule has 0 aliphatic carbocycles. The summed E-state index contributed by atoms with van der Waals surface area (Å²) in [7, 11) is 1.65. The Kier molecular flexibility index (Phi) is 5.21. The average molecular weight is 242 g/mol. The van der Waals surface area contributed by atoms with Gasteiger partial charge in [0.2, 0.25) is 5.91 Å². The quantitative estimate of drug-likeness (QED) is 0.769. The molecule has 16 heavy (non-hydrogen) atoms. The number of rotatable bonds is 6. The van der Waals surface area contributed by atoms with Crippen LogP contribution in [0.4, 0.5) is 5.13 Å². The average Bonchev–Trinajstić information content (AvgIpc) is 2.64. The van der Waals surface area contributed by atoms with Gasteiger partial charge in [-0.1, -0.05) is 6.92 Å².